The highest BCUT2D eigenvalue weighted by atomic mass is 32.2. The summed E-state index contributed by atoms with van der Waals surface area (Å²) in [7, 11) is 0. The molecule has 0 amide bonds. The molecule has 0 aliphatic rings. The van der Waals surface area contributed by atoms with E-state index >= 15 is 0 Å². The molecule has 2 aromatic rings. The lowest BCUT2D eigenvalue weighted by atomic mass is 10.2. The molecule has 0 saturated carbocycles. The van der Waals surface area contributed by atoms with Crippen LogP contribution >= 0.6 is 23.1 Å². The first-order valence-corrected chi connectivity index (χ1v) is 5.82. The summed E-state index contributed by atoms with van der Waals surface area (Å²) >= 11 is 2.72. The third kappa shape index (κ3) is 2.74. The molecule has 1 heterocycles. The quantitative estimate of drug-likeness (QED) is 0.897. The molecule has 78 valence electrons. The number of benzene rings is 1. The maximum atomic E-state index is 13.1. The molecule has 0 spiro atoms. The van der Waals surface area contributed by atoms with Gasteiger partial charge in [-0.25, -0.2) is 4.39 Å². The first-order valence-electron chi connectivity index (χ1n) is 4.12. The van der Waals surface area contributed by atoms with Crippen LogP contribution in [0.5, 0.6) is 0 Å². The number of nitrogens with zero attached hydrogens (tertiary/aromatic N) is 2. The number of hydrogen-bond donors (Lipinski definition) is 1. The van der Waals surface area contributed by atoms with Crippen molar-refractivity contribution >= 4 is 23.1 Å². The molecule has 1 aromatic carbocycles. The zero-order valence-corrected chi connectivity index (χ0v) is 9.19. The molecule has 0 aliphatic carbocycles. The molecule has 0 atom stereocenters. The molecule has 0 unspecified atom stereocenters. The number of aromatic nitrogens is 2. The fourth-order valence-corrected chi connectivity index (χ4v) is 2.64. The van der Waals surface area contributed by atoms with Crippen LogP contribution in [0, 0.1) is 5.82 Å². The van der Waals surface area contributed by atoms with E-state index in [0.29, 0.717) is 5.56 Å². The van der Waals surface area contributed by atoms with Gasteiger partial charge in [-0.1, -0.05) is 23.1 Å². The third-order valence-electron chi connectivity index (χ3n) is 1.66. The minimum atomic E-state index is -0.353. The molecule has 0 fully saturated rings. The van der Waals surface area contributed by atoms with Crippen molar-refractivity contribution in [3.63, 3.8) is 0 Å². The molecule has 1 aromatic heterocycles. The molecular weight excluding hydrogens is 235 g/mol. The first-order chi connectivity index (χ1) is 7.28. The monoisotopic (exact) mass is 242 g/mol. The topological polar surface area (TPSA) is 46.0 Å². The Morgan fingerprint density at radius 3 is 2.93 bits per heavy atom. The Morgan fingerprint density at radius 1 is 1.40 bits per heavy atom. The summed E-state index contributed by atoms with van der Waals surface area (Å²) < 4.78 is 13.8. The van der Waals surface area contributed by atoms with Gasteiger partial charge in [0, 0.05) is 4.90 Å². The summed E-state index contributed by atoms with van der Waals surface area (Å²) in [5.74, 6) is -0.353. The predicted molar refractivity (Wildman–Crippen MR) is 56.4 cm³/mol. The Bertz CT molecular complexity index is 447. The lowest BCUT2D eigenvalue weighted by Gasteiger charge is -2.01. The molecule has 0 bridgehead atoms. The van der Waals surface area contributed by atoms with Gasteiger partial charge in [-0.2, -0.15) is 0 Å². The van der Waals surface area contributed by atoms with Gasteiger partial charge in [0.05, 0.1) is 6.61 Å². The van der Waals surface area contributed by atoms with Crippen molar-refractivity contribution in [2.75, 3.05) is 0 Å². The van der Waals surface area contributed by atoms with Crippen molar-refractivity contribution < 1.29 is 9.50 Å². The Labute approximate surface area is 94.0 Å². The summed E-state index contributed by atoms with van der Waals surface area (Å²) in [6.07, 6.45) is 0. The van der Waals surface area contributed by atoms with Gasteiger partial charge in [-0.05, 0) is 23.8 Å². The van der Waals surface area contributed by atoms with Crippen LogP contribution in [0.3, 0.4) is 0 Å². The van der Waals surface area contributed by atoms with Gasteiger partial charge in [-0.15, -0.1) is 10.2 Å². The molecule has 1 N–H and O–H groups in total. The van der Waals surface area contributed by atoms with Crippen LogP contribution in [0.1, 0.15) is 5.56 Å². The van der Waals surface area contributed by atoms with E-state index in [-0.39, 0.29) is 12.4 Å². The highest BCUT2D eigenvalue weighted by Gasteiger charge is 2.04. The summed E-state index contributed by atoms with van der Waals surface area (Å²) in [4.78, 5) is 0.718. The van der Waals surface area contributed by atoms with Crippen molar-refractivity contribution in [2.24, 2.45) is 0 Å². The summed E-state index contributed by atoms with van der Waals surface area (Å²) in [5, 5.41) is 16.4. The Balaban J connectivity index is 2.24. The number of aliphatic hydroxyl groups excluding tert-OH is 1. The second kappa shape index (κ2) is 4.69. The smallest absolute Gasteiger partial charge is 0.178 e. The van der Waals surface area contributed by atoms with E-state index in [1.807, 2.05) is 0 Å². The minimum absolute atomic E-state index is 0.165. The first kappa shape index (κ1) is 10.5. The Morgan fingerprint density at radius 2 is 2.27 bits per heavy atom. The number of hydrogen-bond acceptors (Lipinski definition) is 5. The molecule has 6 heteroatoms. The summed E-state index contributed by atoms with van der Waals surface area (Å²) in [6.45, 7) is -0.165. The van der Waals surface area contributed by atoms with Crippen LogP contribution in [0.15, 0.2) is 32.9 Å². The number of rotatable bonds is 3. The number of halogens is 1. The average molecular weight is 242 g/mol. The number of aliphatic hydroxyl groups is 1. The van der Waals surface area contributed by atoms with E-state index < -0.39 is 0 Å². The predicted octanol–water partition coefficient (Wildman–Crippen LogP) is 2.32. The maximum Gasteiger partial charge on any atom is 0.178 e. The minimum Gasteiger partial charge on any atom is -0.392 e. The molecular formula is C9H7FN2OS2. The van der Waals surface area contributed by atoms with Gasteiger partial charge >= 0.3 is 0 Å². The van der Waals surface area contributed by atoms with Crippen LogP contribution in [-0.4, -0.2) is 15.3 Å². The standard InChI is InChI=1S/C9H7FN2OS2/c10-7-1-6(4-13)2-8(3-7)15-9-12-11-5-14-9/h1-3,5,13H,4H2. The molecule has 0 aliphatic heterocycles. The zero-order chi connectivity index (χ0) is 10.7. The van der Waals surface area contributed by atoms with Gasteiger partial charge < -0.3 is 5.11 Å². The van der Waals surface area contributed by atoms with E-state index in [2.05, 4.69) is 10.2 Å². The van der Waals surface area contributed by atoms with Crippen LogP contribution in [0.25, 0.3) is 0 Å². The molecule has 15 heavy (non-hydrogen) atoms. The van der Waals surface area contributed by atoms with Crippen LogP contribution in [-0.2, 0) is 6.61 Å². The van der Waals surface area contributed by atoms with Crippen molar-refractivity contribution in [1.82, 2.24) is 10.2 Å². The Hall–Kier alpha value is -0.980. The lowest BCUT2D eigenvalue weighted by Crippen LogP contribution is -1.86. The fraction of sp³-hybridized carbons (Fsp3) is 0.111. The normalized spacial score (nSPS) is 10.5. The van der Waals surface area contributed by atoms with E-state index in [4.69, 9.17) is 5.11 Å². The largest absolute Gasteiger partial charge is 0.392 e. The van der Waals surface area contributed by atoms with Gasteiger partial charge in [0.2, 0.25) is 0 Å². The van der Waals surface area contributed by atoms with Crippen molar-refractivity contribution in [3.8, 4) is 0 Å². The molecule has 0 saturated heterocycles. The van der Waals surface area contributed by atoms with Crippen molar-refractivity contribution in [3.05, 3.63) is 35.1 Å². The van der Waals surface area contributed by atoms with Crippen molar-refractivity contribution in [2.45, 2.75) is 15.8 Å². The molecule has 0 radical (unpaired) electrons. The van der Waals surface area contributed by atoms with Crippen LogP contribution in [0.4, 0.5) is 4.39 Å². The van der Waals surface area contributed by atoms with Gasteiger partial charge in [-0.3, -0.25) is 0 Å². The second-order valence-electron chi connectivity index (χ2n) is 2.76. The van der Waals surface area contributed by atoms with Gasteiger partial charge in [0.1, 0.15) is 11.3 Å². The van der Waals surface area contributed by atoms with Crippen LogP contribution < -0.4 is 0 Å². The lowest BCUT2D eigenvalue weighted by molar-refractivity contribution is 0.281. The van der Waals surface area contributed by atoms with E-state index in [1.54, 1.807) is 11.6 Å². The van der Waals surface area contributed by atoms with E-state index in [9.17, 15) is 4.39 Å². The van der Waals surface area contributed by atoms with Gasteiger partial charge in [0.25, 0.3) is 0 Å². The highest BCUT2D eigenvalue weighted by Crippen LogP contribution is 2.29. The van der Waals surface area contributed by atoms with Gasteiger partial charge in [0.15, 0.2) is 4.34 Å². The zero-order valence-electron chi connectivity index (χ0n) is 7.55. The maximum absolute atomic E-state index is 13.1. The molecule has 3 nitrogen and oxygen atoms in total. The summed E-state index contributed by atoms with van der Waals surface area (Å²) in [6, 6.07) is 4.45. The van der Waals surface area contributed by atoms with Crippen LogP contribution in [0.2, 0.25) is 0 Å². The van der Waals surface area contributed by atoms with E-state index in [1.165, 1.54) is 35.2 Å². The average Bonchev–Trinajstić information content (AvgIpc) is 2.69. The Kier molecular flexibility index (Phi) is 3.30. The summed E-state index contributed by atoms with van der Waals surface area (Å²) in [5.41, 5.74) is 2.18. The van der Waals surface area contributed by atoms with Crippen molar-refractivity contribution in [1.29, 1.82) is 0 Å². The third-order valence-corrected chi connectivity index (χ3v) is 3.41. The highest BCUT2D eigenvalue weighted by molar-refractivity contribution is 8.01. The fourth-order valence-electron chi connectivity index (χ4n) is 1.08. The van der Waals surface area contributed by atoms with E-state index in [0.717, 1.165) is 9.24 Å². The molecule has 2 rings (SSSR count). The SMILES string of the molecule is OCc1cc(F)cc(Sc2nncs2)c1. The second-order valence-corrected chi connectivity index (χ2v) is 4.91.